The number of nitrogens with one attached hydrogen (secondary N) is 2. The summed E-state index contributed by atoms with van der Waals surface area (Å²) in [5, 5.41) is 11.1. The number of alkyl halides is 3. The zero-order valence-corrected chi connectivity index (χ0v) is 12.1. The van der Waals surface area contributed by atoms with E-state index in [1.165, 1.54) is 6.07 Å². The zero-order chi connectivity index (χ0) is 16.7. The summed E-state index contributed by atoms with van der Waals surface area (Å²) in [5.41, 5.74) is 1.60. The Labute approximate surface area is 133 Å². The number of halogens is 3. The molecule has 120 valence electrons. The lowest BCUT2D eigenvalue weighted by Crippen LogP contribution is -2.12. The van der Waals surface area contributed by atoms with Crippen LogP contribution in [0.2, 0.25) is 0 Å². The number of rotatable bonds is 2. The van der Waals surface area contributed by atoms with Gasteiger partial charge in [-0.05, 0) is 30.3 Å². The van der Waals surface area contributed by atoms with E-state index in [0.717, 1.165) is 10.9 Å². The largest absolute Gasteiger partial charge is 0.451 e. The summed E-state index contributed by atoms with van der Waals surface area (Å²) < 4.78 is 39.1. The van der Waals surface area contributed by atoms with Gasteiger partial charge in [0.1, 0.15) is 5.82 Å². The molecule has 0 spiro atoms. The van der Waals surface area contributed by atoms with Gasteiger partial charge >= 0.3 is 6.18 Å². The molecular formula is C16H10F3N5. The third kappa shape index (κ3) is 2.51. The molecule has 4 aromatic rings. The van der Waals surface area contributed by atoms with Gasteiger partial charge in [-0.1, -0.05) is 12.1 Å². The third-order valence-corrected chi connectivity index (χ3v) is 3.56. The molecular weight excluding hydrogens is 319 g/mol. The summed E-state index contributed by atoms with van der Waals surface area (Å²) in [4.78, 5) is 7.26. The summed E-state index contributed by atoms with van der Waals surface area (Å²) in [6.07, 6.45) is -2.95. The molecule has 2 heterocycles. The maximum atomic E-state index is 13.0. The molecule has 8 heteroatoms. The molecule has 24 heavy (non-hydrogen) atoms. The fourth-order valence-electron chi connectivity index (χ4n) is 2.45. The van der Waals surface area contributed by atoms with E-state index in [1.807, 2.05) is 6.07 Å². The van der Waals surface area contributed by atoms with Crippen LogP contribution in [0, 0.1) is 0 Å². The highest BCUT2D eigenvalue weighted by atomic mass is 19.4. The van der Waals surface area contributed by atoms with E-state index < -0.39 is 12.0 Å². The van der Waals surface area contributed by atoms with Crippen LogP contribution in [0.5, 0.6) is 0 Å². The van der Waals surface area contributed by atoms with Gasteiger partial charge in [-0.15, -0.1) is 0 Å². The predicted molar refractivity (Wildman–Crippen MR) is 83.9 cm³/mol. The molecule has 0 amide bonds. The lowest BCUT2D eigenvalue weighted by molar-refractivity contribution is -0.144. The van der Waals surface area contributed by atoms with E-state index in [1.54, 1.807) is 36.5 Å². The Hall–Kier alpha value is -3.16. The van der Waals surface area contributed by atoms with Gasteiger partial charge < -0.3 is 5.32 Å². The van der Waals surface area contributed by atoms with Gasteiger partial charge in [0.05, 0.1) is 17.2 Å². The minimum Gasteiger partial charge on any atom is -0.340 e. The highest BCUT2D eigenvalue weighted by Crippen LogP contribution is 2.31. The summed E-state index contributed by atoms with van der Waals surface area (Å²) in [6.45, 7) is 0. The number of para-hydroxylation sites is 1. The van der Waals surface area contributed by atoms with E-state index in [9.17, 15) is 13.2 Å². The van der Waals surface area contributed by atoms with Gasteiger partial charge in [-0.2, -0.15) is 18.3 Å². The molecule has 2 aromatic carbocycles. The van der Waals surface area contributed by atoms with Crippen LogP contribution in [-0.4, -0.2) is 20.2 Å². The molecule has 0 unspecified atom stereocenters. The monoisotopic (exact) mass is 329 g/mol. The SMILES string of the molecule is FC(F)(F)c1nc(Nc2ccc3cn[nH]c3c2)c2ccccc2n1. The summed E-state index contributed by atoms with van der Waals surface area (Å²) in [5.74, 6) is -1.07. The Morgan fingerprint density at radius 2 is 1.83 bits per heavy atom. The molecule has 0 radical (unpaired) electrons. The molecule has 0 atom stereocenters. The van der Waals surface area contributed by atoms with Crippen LogP contribution in [0.1, 0.15) is 5.82 Å². The zero-order valence-electron chi connectivity index (χ0n) is 12.1. The first-order valence-corrected chi connectivity index (χ1v) is 7.05. The van der Waals surface area contributed by atoms with Crippen molar-refractivity contribution in [2.75, 3.05) is 5.32 Å². The molecule has 2 aromatic heterocycles. The van der Waals surface area contributed by atoms with Crippen molar-refractivity contribution in [1.82, 2.24) is 20.2 Å². The first-order chi connectivity index (χ1) is 11.5. The second-order valence-corrected chi connectivity index (χ2v) is 5.21. The van der Waals surface area contributed by atoms with Crippen LogP contribution in [0.15, 0.2) is 48.7 Å². The Balaban J connectivity index is 1.84. The quantitative estimate of drug-likeness (QED) is 0.576. The first kappa shape index (κ1) is 14.4. The van der Waals surface area contributed by atoms with E-state index in [-0.39, 0.29) is 11.3 Å². The van der Waals surface area contributed by atoms with Crippen molar-refractivity contribution in [3.8, 4) is 0 Å². The molecule has 0 fully saturated rings. The maximum absolute atomic E-state index is 13.0. The fraction of sp³-hybridized carbons (Fsp3) is 0.0625. The van der Waals surface area contributed by atoms with Crippen molar-refractivity contribution < 1.29 is 13.2 Å². The maximum Gasteiger partial charge on any atom is 0.451 e. The normalized spacial score (nSPS) is 12.0. The number of aromatic nitrogens is 4. The van der Waals surface area contributed by atoms with Gasteiger partial charge in [-0.3, -0.25) is 5.10 Å². The molecule has 5 nitrogen and oxygen atoms in total. The van der Waals surface area contributed by atoms with Gasteiger partial charge in [0.15, 0.2) is 0 Å². The number of nitrogens with zero attached hydrogens (tertiary/aromatic N) is 3. The molecule has 0 bridgehead atoms. The number of fused-ring (bicyclic) bond motifs is 2. The standard InChI is InChI=1S/C16H10F3N5/c17-16(18,19)15-22-12-4-2-1-3-11(12)14(23-15)21-10-6-5-9-8-20-24-13(9)7-10/h1-8H,(H,20,24)(H,21,22,23). The summed E-state index contributed by atoms with van der Waals surface area (Å²) in [7, 11) is 0. The van der Waals surface area contributed by atoms with Crippen molar-refractivity contribution >= 4 is 33.3 Å². The van der Waals surface area contributed by atoms with E-state index in [0.29, 0.717) is 11.1 Å². The topological polar surface area (TPSA) is 66.5 Å². The predicted octanol–water partition coefficient (Wildman–Crippen LogP) is 4.27. The van der Waals surface area contributed by atoms with Gasteiger partial charge in [0, 0.05) is 16.5 Å². The van der Waals surface area contributed by atoms with E-state index in [4.69, 9.17) is 0 Å². The minimum absolute atomic E-state index is 0.104. The van der Waals surface area contributed by atoms with Crippen molar-refractivity contribution in [2.45, 2.75) is 6.18 Å². The van der Waals surface area contributed by atoms with Crippen molar-refractivity contribution in [2.24, 2.45) is 0 Å². The van der Waals surface area contributed by atoms with Crippen molar-refractivity contribution in [3.63, 3.8) is 0 Å². The molecule has 2 N–H and O–H groups in total. The highest BCUT2D eigenvalue weighted by Gasteiger charge is 2.35. The smallest absolute Gasteiger partial charge is 0.340 e. The molecule has 0 saturated carbocycles. The Morgan fingerprint density at radius 1 is 1.00 bits per heavy atom. The average Bonchev–Trinajstić information content (AvgIpc) is 3.01. The fourth-order valence-corrected chi connectivity index (χ4v) is 2.45. The van der Waals surface area contributed by atoms with E-state index in [2.05, 4.69) is 25.5 Å². The number of benzene rings is 2. The van der Waals surface area contributed by atoms with Crippen LogP contribution >= 0.6 is 0 Å². The molecule has 0 aliphatic heterocycles. The van der Waals surface area contributed by atoms with Crippen molar-refractivity contribution in [1.29, 1.82) is 0 Å². The first-order valence-electron chi connectivity index (χ1n) is 7.05. The Kier molecular flexibility index (Phi) is 3.12. The average molecular weight is 329 g/mol. The molecule has 0 saturated heterocycles. The van der Waals surface area contributed by atoms with Gasteiger partial charge in [-0.25, -0.2) is 9.97 Å². The second-order valence-electron chi connectivity index (χ2n) is 5.21. The number of hydrogen-bond donors (Lipinski definition) is 2. The summed E-state index contributed by atoms with van der Waals surface area (Å²) in [6, 6.07) is 11.9. The Morgan fingerprint density at radius 3 is 2.67 bits per heavy atom. The molecule has 4 rings (SSSR count). The van der Waals surface area contributed by atoms with Crippen LogP contribution in [0.4, 0.5) is 24.7 Å². The lowest BCUT2D eigenvalue weighted by Gasteiger charge is -2.12. The van der Waals surface area contributed by atoms with Crippen LogP contribution < -0.4 is 5.32 Å². The Bertz CT molecular complexity index is 1040. The van der Waals surface area contributed by atoms with Crippen LogP contribution in [0.25, 0.3) is 21.8 Å². The van der Waals surface area contributed by atoms with E-state index >= 15 is 0 Å². The molecule has 0 aliphatic carbocycles. The lowest BCUT2D eigenvalue weighted by atomic mass is 10.2. The number of H-pyrrole nitrogens is 1. The van der Waals surface area contributed by atoms with Crippen molar-refractivity contribution in [3.05, 3.63) is 54.5 Å². The van der Waals surface area contributed by atoms with Crippen LogP contribution in [-0.2, 0) is 6.18 Å². The number of aromatic amines is 1. The second kappa shape index (κ2) is 5.19. The number of anilines is 2. The van der Waals surface area contributed by atoms with Gasteiger partial charge in [0.25, 0.3) is 0 Å². The van der Waals surface area contributed by atoms with Crippen LogP contribution in [0.3, 0.4) is 0 Å². The number of hydrogen-bond acceptors (Lipinski definition) is 4. The van der Waals surface area contributed by atoms with Gasteiger partial charge in [0.2, 0.25) is 5.82 Å². The molecule has 0 aliphatic rings. The third-order valence-electron chi connectivity index (χ3n) is 3.56. The summed E-state index contributed by atoms with van der Waals surface area (Å²) >= 11 is 0. The highest BCUT2D eigenvalue weighted by molar-refractivity contribution is 5.92. The minimum atomic E-state index is -4.62.